The number of hydrogen-bond acceptors (Lipinski definition) is 2. The maximum atomic E-state index is 9.53. The summed E-state index contributed by atoms with van der Waals surface area (Å²) in [5, 5.41) is 22.6. The highest BCUT2D eigenvalue weighted by Gasteiger charge is 2.16. The van der Waals surface area contributed by atoms with E-state index < -0.39 is 7.92 Å². The zero-order valence-corrected chi connectivity index (χ0v) is 13.2. The van der Waals surface area contributed by atoms with E-state index in [9.17, 15) is 10.2 Å². The van der Waals surface area contributed by atoms with Crippen LogP contribution in [-0.2, 0) is 0 Å². The van der Waals surface area contributed by atoms with Crippen molar-refractivity contribution in [3.63, 3.8) is 0 Å². The molecular formula is C19H17O2P. The van der Waals surface area contributed by atoms with Gasteiger partial charge >= 0.3 is 0 Å². The number of aryl methyl sites for hydroxylation is 1. The van der Waals surface area contributed by atoms with Crippen LogP contribution in [0.4, 0.5) is 0 Å². The highest BCUT2D eigenvalue weighted by molar-refractivity contribution is 7.79. The molecule has 0 saturated heterocycles. The second kappa shape index (κ2) is 6.21. The van der Waals surface area contributed by atoms with Gasteiger partial charge in [-0.15, -0.1) is 0 Å². The lowest BCUT2D eigenvalue weighted by molar-refractivity contribution is 0.475. The maximum Gasteiger partial charge on any atom is 0.115 e. The molecule has 2 N–H and O–H groups in total. The lowest BCUT2D eigenvalue weighted by Crippen LogP contribution is -2.20. The quantitative estimate of drug-likeness (QED) is 0.730. The molecule has 3 rings (SSSR count). The Morgan fingerprint density at radius 1 is 0.545 bits per heavy atom. The molecule has 0 bridgehead atoms. The van der Waals surface area contributed by atoms with Crippen LogP contribution in [0.15, 0.2) is 72.8 Å². The topological polar surface area (TPSA) is 40.5 Å². The lowest BCUT2D eigenvalue weighted by atomic mass is 10.2. The summed E-state index contributed by atoms with van der Waals surface area (Å²) < 4.78 is 0. The van der Waals surface area contributed by atoms with Gasteiger partial charge in [0.1, 0.15) is 11.5 Å². The Bertz CT molecular complexity index is 639. The molecule has 0 spiro atoms. The second-order valence-electron chi connectivity index (χ2n) is 5.20. The Labute approximate surface area is 131 Å². The standard InChI is InChI=1S/C19H17O2P/c1-14-2-8-17(9-3-14)22(18-10-4-15(20)5-11-18)19-12-6-16(21)7-13-19/h2-13,20-21H,1H3. The van der Waals surface area contributed by atoms with E-state index in [1.807, 2.05) is 24.3 Å². The van der Waals surface area contributed by atoms with Gasteiger partial charge in [0.2, 0.25) is 0 Å². The molecule has 0 aliphatic rings. The van der Waals surface area contributed by atoms with Gasteiger partial charge in [-0.3, -0.25) is 0 Å². The summed E-state index contributed by atoms with van der Waals surface area (Å²) in [6, 6.07) is 23.3. The van der Waals surface area contributed by atoms with E-state index in [1.165, 1.54) is 21.5 Å². The van der Waals surface area contributed by atoms with Crippen LogP contribution in [0.2, 0.25) is 0 Å². The van der Waals surface area contributed by atoms with Crippen molar-refractivity contribution in [1.82, 2.24) is 0 Å². The SMILES string of the molecule is Cc1ccc(P(c2ccc(O)cc2)c2ccc(O)cc2)cc1. The first-order chi connectivity index (χ1) is 10.6. The fraction of sp³-hybridized carbons (Fsp3) is 0.0526. The molecule has 2 nitrogen and oxygen atoms in total. The van der Waals surface area contributed by atoms with E-state index in [0.717, 1.165) is 0 Å². The second-order valence-corrected chi connectivity index (χ2v) is 7.42. The fourth-order valence-corrected chi connectivity index (χ4v) is 4.58. The van der Waals surface area contributed by atoms with E-state index in [2.05, 4.69) is 31.2 Å². The molecule has 22 heavy (non-hydrogen) atoms. The van der Waals surface area contributed by atoms with E-state index in [4.69, 9.17) is 0 Å². The van der Waals surface area contributed by atoms with Gasteiger partial charge in [-0.1, -0.05) is 54.1 Å². The smallest absolute Gasteiger partial charge is 0.115 e. The maximum absolute atomic E-state index is 9.53. The summed E-state index contributed by atoms with van der Waals surface area (Å²) in [5.41, 5.74) is 1.23. The van der Waals surface area contributed by atoms with Crippen molar-refractivity contribution in [3.8, 4) is 11.5 Å². The van der Waals surface area contributed by atoms with Gasteiger partial charge in [0.25, 0.3) is 0 Å². The van der Waals surface area contributed by atoms with Gasteiger partial charge in [0.15, 0.2) is 0 Å². The Kier molecular flexibility index (Phi) is 4.13. The molecule has 0 amide bonds. The van der Waals surface area contributed by atoms with Crippen molar-refractivity contribution in [2.45, 2.75) is 6.92 Å². The van der Waals surface area contributed by atoms with E-state index in [-0.39, 0.29) is 11.5 Å². The Morgan fingerprint density at radius 2 is 0.864 bits per heavy atom. The van der Waals surface area contributed by atoms with Crippen molar-refractivity contribution in [1.29, 1.82) is 0 Å². The lowest BCUT2D eigenvalue weighted by Gasteiger charge is -2.19. The average Bonchev–Trinajstić information content (AvgIpc) is 2.53. The van der Waals surface area contributed by atoms with Crippen molar-refractivity contribution in [2.24, 2.45) is 0 Å². The summed E-state index contributed by atoms with van der Waals surface area (Å²) >= 11 is 0. The predicted octanol–water partition coefficient (Wildman–Crippen LogP) is 3.16. The normalized spacial score (nSPS) is 10.8. The van der Waals surface area contributed by atoms with Gasteiger partial charge in [0.05, 0.1) is 0 Å². The first-order valence-corrected chi connectivity index (χ1v) is 8.42. The van der Waals surface area contributed by atoms with Crippen molar-refractivity contribution < 1.29 is 10.2 Å². The number of hydrogen-bond donors (Lipinski definition) is 2. The molecule has 110 valence electrons. The molecule has 0 aliphatic heterocycles. The Balaban J connectivity index is 2.10. The highest BCUT2D eigenvalue weighted by atomic mass is 31.1. The van der Waals surface area contributed by atoms with Gasteiger partial charge in [0, 0.05) is 0 Å². The van der Waals surface area contributed by atoms with Gasteiger partial charge in [-0.25, -0.2) is 0 Å². The van der Waals surface area contributed by atoms with Crippen LogP contribution in [-0.4, -0.2) is 10.2 Å². The van der Waals surface area contributed by atoms with Crippen LogP contribution < -0.4 is 15.9 Å². The zero-order valence-electron chi connectivity index (χ0n) is 12.3. The third-order valence-electron chi connectivity index (χ3n) is 3.51. The summed E-state index contributed by atoms with van der Waals surface area (Å²) in [5.74, 6) is 0.543. The Morgan fingerprint density at radius 3 is 1.23 bits per heavy atom. The number of rotatable bonds is 3. The average molecular weight is 308 g/mol. The minimum absolute atomic E-state index is 0.272. The van der Waals surface area contributed by atoms with E-state index >= 15 is 0 Å². The van der Waals surface area contributed by atoms with Crippen molar-refractivity contribution in [3.05, 3.63) is 78.4 Å². The van der Waals surface area contributed by atoms with Crippen LogP contribution in [0.3, 0.4) is 0 Å². The van der Waals surface area contributed by atoms with Crippen LogP contribution >= 0.6 is 7.92 Å². The van der Waals surface area contributed by atoms with Gasteiger partial charge in [-0.2, -0.15) is 0 Å². The molecule has 0 aliphatic carbocycles. The fourth-order valence-electron chi connectivity index (χ4n) is 2.34. The number of phenols is 2. The molecule has 0 aromatic heterocycles. The molecule has 0 atom stereocenters. The molecule has 0 heterocycles. The van der Waals surface area contributed by atoms with E-state index in [0.29, 0.717) is 0 Å². The van der Waals surface area contributed by atoms with Crippen LogP contribution in [0, 0.1) is 6.92 Å². The monoisotopic (exact) mass is 308 g/mol. The number of phenolic OH excluding ortho intramolecular Hbond substituents is 2. The molecule has 3 aromatic rings. The zero-order chi connectivity index (χ0) is 15.5. The minimum Gasteiger partial charge on any atom is -0.508 e. The van der Waals surface area contributed by atoms with Gasteiger partial charge < -0.3 is 10.2 Å². The molecule has 0 unspecified atom stereocenters. The van der Waals surface area contributed by atoms with Crippen LogP contribution in [0.1, 0.15) is 5.56 Å². The predicted molar refractivity (Wildman–Crippen MR) is 93.2 cm³/mol. The van der Waals surface area contributed by atoms with Crippen LogP contribution in [0.5, 0.6) is 11.5 Å². The highest BCUT2D eigenvalue weighted by Crippen LogP contribution is 2.33. The largest absolute Gasteiger partial charge is 0.508 e. The minimum atomic E-state index is -0.705. The van der Waals surface area contributed by atoms with Crippen molar-refractivity contribution >= 4 is 23.8 Å². The number of aromatic hydroxyl groups is 2. The molecule has 3 aromatic carbocycles. The summed E-state index contributed by atoms with van der Waals surface area (Å²) in [7, 11) is -0.705. The third-order valence-corrected chi connectivity index (χ3v) is 5.95. The first kappa shape index (κ1) is 14.6. The summed E-state index contributed by atoms with van der Waals surface area (Å²) in [6.07, 6.45) is 0. The molecule has 0 fully saturated rings. The molecule has 0 saturated carbocycles. The molecule has 0 radical (unpaired) electrons. The van der Waals surface area contributed by atoms with Crippen LogP contribution in [0.25, 0.3) is 0 Å². The third kappa shape index (κ3) is 3.13. The van der Waals surface area contributed by atoms with Crippen molar-refractivity contribution in [2.75, 3.05) is 0 Å². The molecular weight excluding hydrogens is 291 g/mol. The summed E-state index contributed by atoms with van der Waals surface area (Å²) in [6.45, 7) is 2.08. The summed E-state index contributed by atoms with van der Waals surface area (Å²) in [4.78, 5) is 0. The van der Waals surface area contributed by atoms with Gasteiger partial charge in [-0.05, 0) is 55.0 Å². The first-order valence-electron chi connectivity index (χ1n) is 7.08. The molecule has 3 heteroatoms. The number of benzene rings is 3. The van der Waals surface area contributed by atoms with E-state index in [1.54, 1.807) is 24.3 Å². The Hall–Kier alpha value is -2.31.